The number of nitrogens with two attached hydrogens (primary N) is 2. The Morgan fingerprint density at radius 2 is 0.969 bits per heavy atom. The summed E-state index contributed by atoms with van der Waals surface area (Å²) in [6.07, 6.45) is 1.94. The molecular formula is C49H65N7O8. The van der Waals surface area contributed by atoms with Gasteiger partial charge in [0.1, 0.15) is 23.2 Å². The van der Waals surface area contributed by atoms with Crippen molar-refractivity contribution in [3.8, 4) is 0 Å². The molecule has 0 unspecified atom stereocenters. The molecule has 3 heterocycles. The summed E-state index contributed by atoms with van der Waals surface area (Å²) in [4.78, 5) is 85.2. The molecule has 0 saturated carbocycles. The van der Waals surface area contributed by atoms with Crippen molar-refractivity contribution in [2.24, 2.45) is 23.3 Å². The summed E-state index contributed by atoms with van der Waals surface area (Å²) in [5, 5.41) is 5.29. The van der Waals surface area contributed by atoms with Gasteiger partial charge in [-0.25, -0.2) is 9.59 Å². The van der Waals surface area contributed by atoms with Crippen LogP contribution >= 0.6 is 0 Å². The second-order valence-electron chi connectivity index (χ2n) is 18.4. The highest BCUT2D eigenvalue weighted by atomic mass is 16.5. The van der Waals surface area contributed by atoms with Crippen LogP contribution in [0.4, 0.5) is 15.3 Å². The maximum absolute atomic E-state index is 14.1. The number of rotatable bonds is 14. The molecule has 344 valence electrons. The van der Waals surface area contributed by atoms with Crippen LogP contribution in [0.25, 0.3) is 0 Å². The Morgan fingerprint density at radius 3 is 1.28 bits per heavy atom. The standard InChI is InChI=1S/C49H65N7O8/c1-29(2)32-15-21-37(22-16-32)56-38(33-11-17-35(18-12-33)48(44(50)59)25-9-27-54(48)42(57)40(30(3)4)52-46(61)63-7)23-24-39(56)34-13-19-36(20-14-34)49(45(51)60)26-10-28-55(49)43(58)41(31(5)6)53-47(62)64-8/h11-22,29-31,38-41H,9-10,23-28H2,1-8H3,(H2,50,59)(H2,51,60)(H,52,61)(H,53,62)/t38-,39-,40-,41-,48-,49-/m0/s1. The molecule has 15 heteroatoms. The van der Waals surface area contributed by atoms with Crippen molar-refractivity contribution in [2.45, 2.75) is 121 Å². The first-order valence-corrected chi connectivity index (χ1v) is 22.4. The van der Waals surface area contributed by atoms with Gasteiger partial charge in [-0.15, -0.1) is 0 Å². The lowest BCUT2D eigenvalue weighted by atomic mass is 9.84. The molecule has 3 aliphatic rings. The summed E-state index contributed by atoms with van der Waals surface area (Å²) in [5.41, 5.74) is 15.1. The van der Waals surface area contributed by atoms with E-state index in [0.29, 0.717) is 55.8 Å². The van der Waals surface area contributed by atoms with Gasteiger partial charge in [-0.05, 0) is 96.2 Å². The molecule has 15 nitrogen and oxygen atoms in total. The quantitative estimate of drug-likeness (QED) is 0.144. The third-order valence-corrected chi connectivity index (χ3v) is 13.7. The Morgan fingerprint density at radius 1 is 0.594 bits per heavy atom. The minimum atomic E-state index is -1.40. The molecule has 6 amide bonds. The van der Waals surface area contributed by atoms with E-state index in [0.717, 1.165) is 29.7 Å². The van der Waals surface area contributed by atoms with Crippen LogP contribution in [0, 0.1) is 11.8 Å². The number of anilines is 1. The van der Waals surface area contributed by atoms with Crippen LogP contribution < -0.4 is 27.0 Å². The van der Waals surface area contributed by atoms with E-state index in [1.165, 1.54) is 29.6 Å². The van der Waals surface area contributed by atoms with Gasteiger partial charge in [0.15, 0.2) is 0 Å². The van der Waals surface area contributed by atoms with E-state index in [-0.39, 0.29) is 23.9 Å². The molecule has 6 rings (SSSR count). The Balaban J connectivity index is 1.34. The molecule has 0 aromatic heterocycles. The Hall–Kier alpha value is -6.12. The molecule has 3 fully saturated rings. The minimum absolute atomic E-state index is 0.0702. The van der Waals surface area contributed by atoms with E-state index < -0.39 is 59.0 Å². The van der Waals surface area contributed by atoms with Gasteiger partial charge in [-0.3, -0.25) is 19.2 Å². The van der Waals surface area contributed by atoms with Crippen molar-refractivity contribution in [3.63, 3.8) is 0 Å². The normalized spacial score (nSPS) is 23.0. The average Bonchev–Trinajstić information content (AvgIpc) is 4.05. The van der Waals surface area contributed by atoms with Crippen LogP contribution in [0.15, 0.2) is 72.8 Å². The summed E-state index contributed by atoms with van der Waals surface area (Å²) in [5.74, 6) is -2.28. The number of carbonyl (C=O) groups excluding carboxylic acids is 6. The SMILES string of the molecule is COC(=O)N[C@H](C(=O)N1CCC[C@@]1(C(N)=O)c1ccc([C@@H]2CC[C@@H](c3ccc([C@]4(C(N)=O)CCCN4C(=O)[C@@H](NC(=O)OC)C(C)C)cc3)N2c2ccc(C(C)C)cc2)cc1)C(C)C. The number of amides is 6. The van der Waals surface area contributed by atoms with Crippen molar-refractivity contribution in [3.05, 3.63) is 101 Å². The molecule has 6 N–H and O–H groups in total. The second-order valence-corrected chi connectivity index (χ2v) is 18.4. The Labute approximate surface area is 376 Å². The van der Waals surface area contributed by atoms with E-state index in [2.05, 4.69) is 53.6 Å². The molecular weight excluding hydrogens is 815 g/mol. The second kappa shape index (κ2) is 19.3. The molecule has 0 aliphatic carbocycles. The lowest BCUT2D eigenvalue weighted by molar-refractivity contribution is -0.146. The molecule has 0 spiro atoms. The predicted molar refractivity (Wildman–Crippen MR) is 243 cm³/mol. The van der Waals surface area contributed by atoms with E-state index >= 15 is 0 Å². The van der Waals surface area contributed by atoms with Crippen LogP contribution in [0.1, 0.15) is 126 Å². The van der Waals surface area contributed by atoms with Crippen molar-refractivity contribution in [2.75, 3.05) is 32.2 Å². The fraction of sp³-hybridized carbons (Fsp3) is 0.510. The number of carbonyl (C=O) groups is 6. The summed E-state index contributed by atoms with van der Waals surface area (Å²) >= 11 is 0. The summed E-state index contributed by atoms with van der Waals surface area (Å²) in [6, 6.07) is 22.3. The van der Waals surface area contributed by atoms with Gasteiger partial charge in [-0.2, -0.15) is 0 Å². The topological polar surface area (TPSA) is 207 Å². The lowest BCUT2D eigenvalue weighted by Crippen LogP contribution is -2.59. The Bertz CT molecular complexity index is 2070. The highest BCUT2D eigenvalue weighted by Crippen LogP contribution is 2.49. The monoisotopic (exact) mass is 879 g/mol. The van der Waals surface area contributed by atoms with Gasteiger partial charge < -0.3 is 46.3 Å². The maximum atomic E-state index is 14.1. The number of primary amides is 2. The molecule has 6 atom stereocenters. The van der Waals surface area contributed by atoms with Crippen LogP contribution in [0.2, 0.25) is 0 Å². The summed E-state index contributed by atoms with van der Waals surface area (Å²) in [7, 11) is 2.47. The third kappa shape index (κ3) is 8.73. The molecule has 3 aromatic carbocycles. The van der Waals surface area contributed by atoms with Gasteiger partial charge in [0.05, 0.1) is 26.3 Å². The number of nitrogens with zero attached hydrogens (tertiary/aromatic N) is 3. The molecule has 0 radical (unpaired) electrons. The zero-order valence-electron chi connectivity index (χ0n) is 38.4. The van der Waals surface area contributed by atoms with Crippen molar-refractivity contribution in [1.82, 2.24) is 20.4 Å². The number of benzene rings is 3. The van der Waals surface area contributed by atoms with Gasteiger partial charge in [0.2, 0.25) is 23.6 Å². The molecule has 64 heavy (non-hydrogen) atoms. The third-order valence-electron chi connectivity index (χ3n) is 13.7. The zero-order chi connectivity index (χ0) is 46.7. The van der Waals surface area contributed by atoms with Gasteiger partial charge in [0, 0.05) is 18.8 Å². The maximum Gasteiger partial charge on any atom is 0.407 e. The highest BCUT2D eigenvalue weighted by molar-refractivity contribution is 5.96. The number of nitrogens with one attached hydrogen (secondary N) is 2. The van der Waals surface area contributed by atoms with Crippen molar-refractivity contribution in [1.29, 1.82) is 0 Å². The number of hydrogen-bond donors (Lipinski definition) is 4. The van der Waals surface area contributed by atoms with E-state index in [9.17, 15) is 28.8 Å². The van der Waals surface area contributed by atoms with Gasteiger partial charge >= 0.3 is 12.2 Å². The zero-order valence-corrected chi connectivity index (χ0v) is 38.4. The number of likely N-dealkylation sites (tertiary alicyclic amines) is 2. The molecule has 3 aliphatic heterocycles. The van der Waals surface area contributed by atoms with E-state index in [1.54, 1.807) is 0 Å². The molecule has 0 bridgehead atoms. The minimum Gasteiger partial charge on any atom is -0.453 e. The van der Waals surface area contributed by atoms with Gasteiger partial charge in [-0.1, -0.05) is 102 Å². The highest BCUT2D eigenvalue weighted by Gasteiger charge is 2.53. The molecule has 3 aromatic rings. The van der Waals surface area contributed by atoms with E-state index in [4.69, 9.17) is 20.9 Å². The largest absolute Gasteiger partial charge is 0.453 e. The number of methoxy groups -OCH3 is 2. The fourth-order valence-electron chi connectivity index (χ4n) is 10.2. The Kier molecular flexibility index (Phi) is 14.3. The summed E-state index contributed by atoms with van der Waals surface area (Å²) in [6.45, 7) is 12.2. The van der Waals surface area contributed by atoms with Gasteiger partial charge in [0.25, 0.3) is 0 Å². The van der Waals surface area contributed by atoms with E-state index in [1.807, 2.05) is 76.2 Å². The van der Waals surface area contributed by atoms with Crippen LogP contribution in [0.3, 0.4) is 0 Å². The first kappa shape index (κ1) is 47.4. The fourth-order valence-corrected chi connectivity index (χ4v) is 10.2. The van der Waals surface area contributed by atoms with Crippen LogP contribution in [-0.4, -0.2) is 85.0 Å². The number of alkyl carbamates (subject to hydrolysis) is 2. The van der Waals surface area contributed by atoms with Crippen LogP contribution in [0.5, 0.6) is 0 Å². The average molecular weight is 880 g/mol. The first-order chi connectivity index (χ1) is 30.4. The molecule has 3 saturated heterocycles. The van der Waals surface area contributed by atoms with Crippen LogP contribution in [-0.2, 0) is 39.7 Å². The summed E-state index contributed by atoms with van der Waals surface area (Å²) < 4.78 is 9.60. The smallest absolute Gasteiger partial charge is 0.407 e. The number of hydrogen-bond acceptors (Lipinski definition) is 9. The van der Waals surface area contributed by atoms with Crippen molar-refractivity contribution >= 4 is 41.5 Å². The first-order valence-electron chi connectivity index (χ1n) is 22.4. The van der Waals surface area contributed by atoms with Crippen molar-refractivity contribution < 1.29 is 38.2 Å². The number of ether oxygens (including phenoxy) is 2. The predicted octanol–water partition coefficient (Wildman–Crippen LogP) is 6.26. The lowest BCUT2D eigenvalue weighted by Gasteiger charge is -2.39.